The first-order chi connectivity index (χ1) is 22.7. The summed E-state index contributed by atoms with van der Waals surface area (Å²) in [6.45, 7) is 2.58. The highest BCUT2D eigenvalue weighted by Gasteiger charge is 2.18. The number of hydrogen-bond donors (Lipinski definition) is 2. The number of nitrogens with zero attached hydrogens (tertiary/aromatic N) is 5. The zero-order valence-electron chi connectivity index (χ0n) is 25.6. The first-order valence-corrected chi connectivity index (χ1v) is 15.0. The first-order valence-electron chi connectivity index (χ1n) is 14.6. The molecule has 0 aliphatic heterocycles. The molecule has 0 fully saturated rings. The third kappa shape index (κ3) is 9.51. The van der Waals surface area contributed by atoms with E-state index in [0.29, 0.717) is 45.7 Å². The zero-order chi connectivity index (χ0) is 33.8. The van der Waals surface area contributed by atoms with Crippen molar-refractivity contribution in [2.24, 2.45) is 16.7 Å². The number of imidazole rings is 1. The third-order valence-electron chi connectivity index (χ3n) is 7.05. The Morgan fingerprint density at radius 1 is 1.06 bits per heavy atom. The van der Waals surface area contributed by atoms with Crippen LogP contribution in [0, 0.1) is 10.1 Å². The Hall–Kier alpha value is -5.47. The van der Waals surface area contributed by atoms with Crippen LogP contribution in [0.2, 0.25) is 5.15 Å². The van der Waals surface area contributed by atoms with Crippen LogP contribution in [-0.2, 0) is 51.9 Å². The molecule has 4 aromatic rings. The maximum absolute atomic E-state index is 12.6. The molecule has 0 aliphatic rings. The lowest BCUT2D eigenvalue weighted by molar-refractivity contribution is -0.763. The maximum atomic E-state index is 12.6. The molecule has 4 N–H and O–H groups in total. The lowest BCUT2D eigenvalue weighted by Gasteiger charge is -2.15. The molecule has 1 amide bonds. The minimum atomic E-state index is -0.961. The monoisotopic (exact) mass is 663 g/mol. The Morgan fingerprint density at radius 2 is 1.79 bits per heavy atom. The number of amidine groups is 1. The summed E-state index contributed by atoms with van der Waals surface area (Å²) in [4.78, 5) is 42.7. The summed E-state index contributed by atoms with van der Waals surface area (Å²) in [5.41, 5.74) is 11.1. The number of hydrazone groups is 1. The number of aromatic nitrogens is 2. The number of benzene rings is 3. The van der Waals surface area contributed by atoms with Crippen molar-refractivity contribution >= 4 is 30.0 Å². The van der Waals surface area contributed by atoms with Gasteiger partial charge in [0.2, 0.25) is 0 Å². The van der Waals surface area contributed by atoms with E-state index in [4.69, 9.17) is 32.7 Å². The molecule has 246 valence electrons. The molecular weight excluding hydrogens is 630 g/mol. The molecule has 3 aromatic carbocycles. The van der Waals surface area contributed by atoms with E-state index in [0.717, 1.165) is 41.8 Å². The van der Waals surface area contributed by atoms with Crippen molar-refractivity contribution in [2.75, 3.05) is 0 Å². The van der Waals surface area contributed by atoms with E-state index in [1.807, 2.05) is 41.0 Å². The van der Waals surface area contributed by atoms with Gasteiger partial charge >= 0.3 is 6.09 Å². The number of ether oxygens (including phenoxy) is 2. The summed E-state index contributed by atoms with van der Waals surface area (Å²) >= 11 is 6.39. The van der Waals surface area contributed by atoms with Crippen LogP contribution in [0.1, 0.15) is 53.5 Å². The number of hydrogen-bond acceptors (Lipinski definition) is 10. The Balaban J connectivity index is 1.46. The summed E-state index contributed by atoms with van der Waals surface area (Å²) in [6, 6.07) is 21.7. The van der Waals surface area contributed by atoms with Crippen LogP contribution in [0.25, 0.3) is 11.1 Å². The van der Waals surface area contributed by atoms with Crippen molar-refractivity contribution < 1.29 is 29.0 Å². The predicted octanol–water partition coefficient (Wildman–Crippen LogP) is 5.11. The largest absolute Gasteiger partial charge is 0.461 e. The zero-order valence-corrected chi connectivity index (χ0v) is 26.3. The normalized spacial score (nSPS) is 11.2. The molecule has 1 aromatic heterocycles. The predicted molar refractivity (Wildman–Crippen MR) is 173 cm³/mol. The smallest absolute Gasteiger partial charge is 0.445 e. The van der Waals surface area contributed by atoms with Gasteiger partial charge in [-0.15, -0.1) is 20.3 Å². The Kier molecular flexibility index (Phi) is 12.2. The number of nitrogens with two attached hydrogens (primary N) is 2. The van der Waals surface area contributed by atoms with E-state index < -0.39 is 11.2 Å². The van der Waals surface area contributed by atoms with E-state index in [1.165, 1.54) is 0 Å². The number of hydrazine groups is 1. The molecule has 0 saturated carbocycles. The SMILES string of the molecule is CCCCc1nc(Cl)c(COC=O)n1Cc1ccc(-c2ccccc2/C(N)=N/N(N)C(=O)OCc2cccc(CO[N+](=O)[O-])c2)cc1. The minimum absolute atomic E-state index is 0.0171. The van der Waals surface area contributed by atoms with E-state index in [9.17, 15) is 19.7 Å². The Morgan fingerprint density at radius 3 is 2.49 bits per heavy atom. The van der Waals surface area contributed by atoms with Gasteiger partial charge in [-0.1, -0.05) is 97.7 Å². The van der Waals surface area contributed by atoms with Crippen molar-refractivity contribution in [3.8, 4) is 11.1 Å². The first kappa shape index (κ1) is 34.4. The number of halogens is 1. The Labute approximate surface area is 275 Å². The number of carbonyl (C=O) groups is 2. The fourth-order valence-electron chi connectivity index (χ4n) is 4.76. The lowest BCUT2D eigenvalue weighted by Crippen LogP contribution is -2.35. The highest BCUT2D eigenvalue weighted by molar-refractivity contribution is 6.30. The molecule has 47 heavy (non-hydrogen) atoms. The average molecular weight is 664 g/mol. The van der Waals surface area contributed by atoms with Gasteiger partial charge in [-0.3, -0.25) is 4.79 Å². The molecule has 0 unspecified atom stereocenters. The number of rotatable bonds is 16. The fraction of sp³-hybridized carbons (Fsp3) is 0.250. The number of aryl methyl sites for hydroxylation is 1. The lowest BCUT2D eigenvalue weighted by atomic mass is 9.98. The van der Waals surface area contributed by atoms with Gasteiger partial charge in [0, 0.05) is 18.5 Å². The molecule has 4 rings (SSSR count). The Bertz CT molecular complexity index is 1730. The standard InChI is InChI=1S/C32H34ClN7O7/c1-2-3-11-29-36-30(33)28(20-45-21-41)38(29)17-22-12-14-25(15-13-22)26-9-4-5-10-27(26)31(34)37-39(35)32(42)46-18-23-7-6-8-24(16-23)19-47-40(43)44/h4-10,12-16,21H,2-3,11,17-20,35H2,1H3,(H2,34,37). The quantitative estimate of drug-likeness (QED) is 0.0310. The van der Waals surface area contributed by atoms with Gasteiger partial charge in [-0.2, -0.15) is 0 Å². The van der Waals surface area contributed by atoms with Gasteiger partial charge in [-0.05, 0) is 34.2 Å². The topological polar surface area (TPSA) is 190 Å². The molecule has 14 nitrogen and oxygen atoms in total. The summed E-state index contributed by atoms with van der Waals surface area (Å²) in [5.74, 6) is 6.65. The van der Waals surface area contributed by atoms with Gasteiger partial charge in [0.15, 0.2) is 11.0 Å². The molecule has 0 bridgehead atoms. The molecule has 0 aliphatic carbocycles. The molecule has 0 spiro atoms. The van der Waals surface area contributed by atoms with Gasteiger partial charge < -0.3 is 24.6 Å². The molecule has 0 atom stereocenters. The van der Waals surface area contributed by atoms with E-state index >= 15 is 0 Å². The van der Waals surface area contributed by atoms with Crippen LogP contribution >= 0.6 is 11.6 Å². The van der Waals surface area contributed by atoms with E-state index in [2.05, 4.69) is 21.8 Å². The second kappa shape index (κ2) is 16.7. The number of unbranched alkanes of at least 4 members (excludes halogenated alkanes) is 1. The van der Waals surface area contributed by atoms with Crippen LogP contribution in [0.3, 0.4) is 0 Å². The average Bonchev–Trinajstić information content (AvgIpc) is 3.37. The van der Waals surface area contributed by atoms with Crippen molar-refractivity contribution in [2.45, 2.75) is 52.6 Å². The van der Waals surface area contributed by atoms with Gasteiger partial charge in [0.05, 0.1) is 5.69 Å². The van der Waals surface area contributed by atoms with Gasteiger partial charge in [-0.25, -0.2) is 15.6 Å². The highest BCUT2D eigenvalue weighted by Crippen LogP contribution is 2.26. The van der Waals surface area contributed by atoms with Crippen LogP contribution in [0.4, 0.5) is 4.79 Å². The van der Waals surface area contributed by atoms with Gasteiger partial charge in [0.1, 0.15) is 25.6 Å². The maximum Gasteiger partial charge on any atom is 0.445 e. The van der Waals surface area contributed by atoms with Crippen molar-refractivity contribution in [3.05, 3.63) is 122 Å². The molecule has 1 heterocycles. The molecule has 15 heteroatoms. The highest BCUT2D eigenvalue weighted by atomic mass is 35.5. The molecule has 0 radical (unpaired) electrons. The van der Waals surface area contributed by atoms with E-state index in [-0.39, 0.29) is 25.7 Å². The number of amides is 1. The summed E-state index contributed by atoms with van der Waals surface area (Å²) in [7, 11) is 0. The van der Waals surface area contributed by atoms with Crippen molar-refractivity contribution in [1.82, 2.24) is 14.7 Å². The summed E-state index contributed by atoms with van der Waals surface area (Å²) in [5, 5.41) is 14.4. The van der Waals surface area contributed by atoms with E-state index in [1.54, 1.807) is 36.4 Å². The van der Waals surface area contributed by atoms with Crippen LogP contribution in [-0.4, -0.2) is 38.2 Å². The number of carbonyl (C=O) groups excluding carboxylic acids is 2. The summed E-state index contributed by atoms with van der Waals surface area (Å²) < 4.78 is 12.2. The minimum Gasteiger partial charge on any atom is -0.461 e. The van der Waals surface area contributed by atoms with Crippen molar-refractivity contribution in [1.29, 1.82) is 0 Å². The van der Waals surface area contributed by atoms with Crippen LogP contribution < -0.4 is 11.6 Å². The van der Waals surface area contributed by atoms with Crippen molar-refractivity contribution in [3.63, 3.8) is 0 Å². The van der Waals surface area contributed by atoms with Crippen LogP contribution in [0.5, 0.6) is 0 Å². The fourth-order valence-corrected chi connectivity index (χ4v) is 5.01. The second-order valence-electron chi connectivity index (χ2n) is 10.3. The summed E-state index contributed by atoms with van der Waals surface area (Å²) in [6.07, 6.45) is 1.71. The van der Waals surface area contributed by atoms with Crippen LogP contribution in [0.15, 0.2) is 77.9 Å². The molecular formula is C32H34ClN7O7. The third-order valence-corrected chi connectivity index (χ3v) is 7.35. The van der Waals surface area contributed by atoms with Gasteiger partial charge in [0.25, 0.3) is 11.6 Å². The molecule has 0 saturated heterocycles. The second-order valence-corrected chi connectivity index (χ2v) is 10.7.